The maximum absolute atomic E-state index is 13.5. The van der Waals surface area contributed by atoms with Crippen LogP contribution >= 0.6 is 11.3 Å². The van der Waals surface area contributed by atoms with Crippen molar-refractivity contribution < 1.29 is 23.7 Å². The van der Waals surface area contributed by atoms with Gasteiger partial charge in [0.2, 0.25) is 0 Å². The number of carbonyl (C=O) groups excluding carboxylic acids is 1. The van der Waals surface area contributed by atoms with Crippen LogP contribution in [0.4, 0.5) is 0 Å². The predicted molar refractivity (Wildman–Crippen MR) is 129 cm³/mol. The minimum absolute atomic E-state index is 0.0122. The van der Waals surface area contributed by atoms with E-state index in [4.69, 9.17) is 24.0 Å². The lowest BCUT2D eigenvalue weighted by Crippen LogP contribution is -2.43. The molecule has 1 atom stereocenters. The van der Waals surface area contributed by atoms with Crippen LogP contribution < -0.4 is 9.47 Å². The molecular formula is C25H31N3O5S. The van der Waals surface area contributed by atoms with Gasteiger partial charge in [0.1, 0.15) is 0 Å². The Hall–Kier alpha value is -2.46. The lowest BCUT2D eigenvalue weighted by Gasteiger charge is -2.34. The molecule has 5 rings (SSSR count). The number of piperidine rings is 1. The molecule has 34 heavy (non-hydrogen) atoms. The zero-order valence-electron chi connectivity index (χ0n) is 19.6. The summed E-state index contributed by atoms with van der Waals surface area (Å²) in [5.74, 6) is 1.73. The molecule has 0 radical (unpaired) electrons. The van der Waals surface area contributed by atoms with Gasteiger partial charge in [-0.25, -0.2) is 5.01 Å². The molecule has 8 nitrogen and oxygen atoms in total. The molecule has 1 amide bonds. The van der Waals surface area contributed by atoms with E-state index in [0.29, 0.717) is 43.6 Å². The molecule has 2 aromatic rings. The number of hydrazone groups is 1. The topological polar surface area (TPSA) is 72.8 Å². The van der Waals surface area contributed by atoms with E-state index in [9.17, 15) is 4.79 Å². The molecule has 182 valence electrons. The third kappa shape index (κ3) is 4.84. The Morgan fingerprint density at radius 1 is 1.12 bits per heavy atom. The molecular weight excluding hydrogens is 454 g/mol. The highest BCUT2D eigenvalue weighted by Crippen LogP contribution is 2.38. The van der Waals surface area contributed by atoms with Crippen molar-refractivity contribution in [1.82, 2.24) is 9.91 Å². The Balaban J connectivity index is 1.31. The average molecular weight is 486 g/mol. The normalized spacial score (nSPS) is 22.2. The fourth-order valence-electron chi connectivity index (χ4n) is 4.95. The standard InChI is InChI=1S/C25H31N3O5S/c1-30-21-6-5-18(14-22(21)31-2)20-15-19(23-4-3-13-34-23)26-28(20)24(29)16-27-9-7-17(8-10-27)25-32-11-12-33-25/h3-6,13-14,17,20,25H,7-12,15-16H2,1-2H3. The molecule has 3 aliphatic rings. The molecule has 3 aliphatic heterocycles. The van der Waals surface area contributed by atoms with Crippen LogP contribution in [0.2, 0.25) is 0 Å². The summed E-state index contributed by atoms with van der Waals surface area (Å²) in [6.45, 7) is 3.43. The van der Waals surface area contributed by atoms with Gasteiger partial charge in [0.15, 0.2) is 17.8 Å². The first-order chi connectivity index (χ1) is 16.7. The Morgan fingerprint density at radius 2 is 1.88 bits per heavy atom. The second-order valence-corrected chi connectivity index (χ2v) is 9.77. The lowest BCUT2D eigenvalue weighted by molar-refractivity contribution is -0.135. The zero-order valence-corrected chi connectivity index (χ0v) is 20.5. The van der Waals surface area contributed by atoms with Gasteiger partial charge in [0, 0.05) is 12.3 Å². The highest BCUT2D eigenvalue weighted by Gasteiger charge is 2.36. The fraction of sp³-hybridized carbons (Fsp3) is 0.520. The number of likely N-dealkylation sites (tertiary alicyclic amines) is 1. The van der Waals surface area contributed by atoms with Crippen molar-refractivity contribution in [2.24, 2.45) is 11.0 Å². The van der Waals surface area contributed by atoms with Gasteiger partial charge in [-0.15, -0.1) is 11.3 Å². The van der Waals surface area contributed by atoms with Gasteiger partial charge in [-0.3, -0.25) is 9.69 Å². The maximum atomic E-state index is 13.5. The van der Waals surface area contributed by atoms with Crippen LogP contribution in [0, 0.1) is 5.92 Å². The first-order valence-corrected chi connectivity index (χ1v) is 12.6. The summed E-state index contributed by atoms with van der Waals surface area (Å²) in [6, 6.07) is 9.72. The van der Waals surface area contributed by atoms with Crippen molar-refractivity contribution in [3.8, 4) is 11.5 Å². The molecule has 0 bridgehead atoms. The minimum Gasteiger partial charge on any atom is -0.493 e. The molecule has 2 saturated heterocycles. The largest absolute Gasteiger partial charge is 0.493 e. The number of amides is 1. The van der Waals surface area contributed by atoms with Crippen LogP contribution in [-0.2, 0) is 14.3 Å². The van der Waals surface area contributed by atoms with Crippen molar-refractivity contribution >= 4 is 23.0 Å². The minimum atomic E-state index is -0.178. The van der Waals surface area contributed by atoms with E-state index < -0.39 is 0 Å². The van der Waals surface area contributed by atoms with Gasteiger partial charge in [0.05, 0.1) is 50.6 Å². The van der Waals surface area contributed by atoms with Crippen molar-refractivity contribution in [3.63, 3.8) is 0 Å². The van der Waals surface area contributed by atoms with E-state index >= 15 is 0 Å². The Kier molecular flexibility index (Phi) is 7.15. The van der Waals surface area contributed by atoms with Gasteiger partial charge in [-0.1, -0.05) is 12.1 Å². The van der Waals surface area contributed by atoms with Crippen molar-refractivity contribution in [1.29, 1.82) is 0 Å². The number of hydrogen-bond donors (Lipinski definition) is 0. The molecule has 0 N–H and O–H groups in total. The second kappa shape index (κ2) is 10.4. The van der Waals surface area contributed by atoms with Crippen LogP contribution in [0.1, 0.15) is 35.7 Å². The summed E-state index contributed by atoms with van der Waals surface area (Å²) in [5, 5.41) is 8.51. The molecule has 4 heterocycles. The summed E-state index contributed by atoms with van der Waals surface area (Å²) in [6.07, 6.45) is 2.53. The van der Waals surface area contributed by atoms with Gasteiger partial charge in [0.25, 0.3) is 5.91 Å². The third-order valence-corrected chi connectivity index (χ3v) is 7.71. The number of carbonyl (C=O) groups is 1. The van der Waals surface area contributed by atoms with E-state index in [-0.39, 0.29) is 18.2 Å². The Bertz CT molecular complexity index is 1010. The lowest BCUT2D eigenvalue weighted by atomic mass is 9.96. The quantitative estimate of drug-likeness (QED) is 0.598. The molecule has 1 unspecified atom stereocenters. The summed E-state index contributed by atoms with van der Waals surface area (Å²) in [7, 11) is 3.24. The van der Waals surface area contributed by atoms with Crippen molar-refractivity contribution in [2.45, 2.75) is 31.6 Å². The zero-order chi connectivity index (χ0) is 23.5. The molecule has 9 heteroatoms. The first-order valence-electron chi connectivity index (χ1n) is 11.8. The van der Waals surface area contributed by atoms with Gasteiger partial charge < -0.3 is 18.9 Å². The van der Waals surface area contributed by atoms with E-state index in [0.717, 1.165) is 42.1 Å². The monoisotopic (exact) mass is 485 g/mol. The first kappa shape index (κ1) is 23.3. The second-order valence-electron chi connectivity index (χ2n) is 8.82. The highest BCUT2D eigenvalue weighted by molar-refractivity contribution is 7.12. The summed E-state index contributed by atoms with van der Waals surface area (Å²) < 4.78 is 22.3. The Labute approximate surface area is 204 Å². The average Bonchev–Trinajstić information content (AvgIpc) is 3.65. The number of rotatable bonds is 7. The van der Waals surface area contributed by atoms with E-state index in [1.165, 1.54) is 0 Å². The number of benzene rings is 1. The molecule has 0 saturated carbocycles. The molecule has 1 aromatic carbocycles. The van der Waals surface area contributed by atoms with Crippen LogP contribution in [0.3, 0.4) is 0 Å². The van der Waals surface area contributed by atoms with E-state index in [1.807, 2.05) is 29.6 Å². The fourth-order valence-corrected chi connectivity index (χ4v) is 5.67. The smallest absolute Gasteiger partial charge is 0.257 e. The van der Waals surface area contributed by atoms with Crippen molar-refractivity contribution in [2.75, 3.05) is 47.1 Å². The van der Waals surface area contributed by atoms with Crippen LogP contribution in [-0.4, -0.2) is 74.9 Å². The van der Waals surface area contributed by atoms with Crippen molar-refractivity contribution in [3.05, 3.63) is 46.2 Å². The number of ether oxygens (including phenoxy) is 4. The van der Waals surface area contributed by atoms with Crippen LogP contribution in [0.25, 0.3) is 0 Å². The molecule has 0 spiro atoms. The van der Waals surface area contributed by atoms with Crippen LogP contribution in [0.15, 0.2) is 40.8 Å². The van der Waals surface area contributed by atoms with E-state index in [2.05, 4.69) is 11.0 Å². The molecule has 2 fully saturated rings. The number of nitrogens with zero attached hydrogens (tertiary/aromatic N) is 3. The SMILES string of the molecule is COc1ccc(C2CC(c3cccs3)=NN2C(=O)CN2CCC(C3OCCO3)CC2)cc1OC. The number of thiophene rings is 1. The Morgan fingerprint density at radius 3 is 2.56 bits per heavy atom. The molecule has 1 aromatic heterocycles. The van der Waals surface area contributed by atoms with E-state index in [1.54, 1.807) is 30.6 Å². The summed E-state index contributed by atoms with van der Waals surface area (Å²) in [5.41, 5.74) is 1.92. The molecule has 0 aliphatic carbocycles. The van der Waals surface area contributed by atoms with Gasteiger partial charge in [-0.2, -0.15) is 5.10 Å². The van der Waals surface area contributed by atoms with Crippen LogP contribution in [0.5, 0.6) is 11.5 Å². The highest BCUT2D eigenvalue weighted by atomic mass is 32.1. The van der Waals surface area contributed by atoms with Gasteiger partial charge >= 0.3 is 0 Å². The number of hydrogen-bond acceptors (Lipinski definition) is 8. The summed E-state index contributed by atoms with van der Waals surface area (Å²) in [4.78, 5) is 16.8. The third-order valence-electron chi connectivity index (χ3n) is 6.79. The predicted octanol–water partition coefficient (Wildman–Crippen LogP) is 3.53. The number of methoxy groups -OCH3 is 2. The summed E-state index contributed by atoms with van der Waals surface area (Å²) >= 11 is 1.65. The maximum Gasteiger partial charge on any atom is 0.257 e. The van der Waals surface area contributed by atoms with Gasteiger partial charge in [-0.05, 0) is 55.1 Å².